The van der Waals surface area contributed by atoms with Crippen LogP contribution in [0.3, 0.4) is 0 Å². The third-order valence-corrected chi connectivity index (χ3v) is 1.52. The lowest BCUT2D eigenvalue weighted by Crippen LogP contribution is -1.94. The molecule has 0 radical (unpaired) electrons. The molecule has 0 aromatic heterocycles. The van der Waals surface area contributed by atoms with Crippen molar-refractivity contribution in [3.63, 3.8) is 0 Å². The maximum Gasteiger partial charge on any atom is 0.159 e. The fraction of sp³-hybridized carbons (Fsp3) is 0.571. The Labute approximate surface area is 54.5 Å². The van der Waals surface area contributed by atoms with Crippen molar-refractivity contribution in [1.82, 2.24) is 0 Å². The van der Waals surface area contributed by atoms with Gasteiger partial charge in [0.2, 0.25) is 0 Å². The van der Waals surface area contributed by atoms with Crippen molar-refractivity contribution in [2.24, 2.45) is 0 Å². The van der Waals surface area contributed by atoms with Gasteiger partial charge in [-0.25, -0.2) is 0 Å². The summed E-state index contributed by atoms with van der Waals surface area (Å²) in [5.41, 5.74) is 0.856. The van der Waals surface area contributed by atoms with Crippen molar-refractivity contribution in [1.29, 1.82) is 0 Å². The Morgan fingerprint density at radius 3 is 2.56 bits per heavy atom. The zero-order chi connectivity index (χ0) is 6.85. The van der Waals surface area contributed by atoms with Crippen molar-refractivity contribution in [2.75, 3.05) is 6.61 Å². The van der Waals surface area contributed by atoms with Gasteiger partial charge < -0.3 is 4.74 Å². The summed E-state index contributed by atoms with van der Waals surface area (Å²) in [4.78, 5) is 10.7. The lowest BCUT2D eigenvalue weighted by molar-refractivity contribution is -0.113. The van der Waals surface area contributed by atoms with Crippen LogP contribution in [0.25, 0.3) is 0 Å². The summed E-state index contributed by atoms with van der Waals surface area (Å²) in [6.07, 6.45) is 0.793. The molecule has 0 amide bonds. The number of ether oxygens (including phenoxy) is 1. The molecule has 2 nitrogen and oxygen atoms in total. The molecule has 2 heteroatoms. The van der Waals surface area contributed by atoms with Gasteiger partial charge in [0.05, 0.1) is 12.4 Å². The normalized spacial score (nSPS) is 18.0. The van der Waals surface area contributed by atoms with Crippen molar-refractivity contribution >= 4 is 5.78 Å². The minimum Gasteiger partial charge on any atom is -0.497 e. The highest BCUT2D eigenvalue weighted by atomic mass is 16.5. The van der Waals surface area contributed by atoms with Crippen molar-refractivity contribution < 1.29 is 9.53 Å². The van der Waals surface area contributed by atoms with Gasteiger partial charge in [0, 0.05) is 12.0 Å². The van der Waals surface area contributed by atoms with E-state index in [2.05, 4.69) is 0 Å². The van der Waals surface area contributed by atoms with Gasteiger partial charge in [0.15, 0.2) is 5.78 Å². The molecule has 0 spiro atoms. The molecule has 0 fully saturated rings. The molecule has 0 bridgehead atoms. The zero-order valence-electron chi connectivity index (χ0n) is 5.73. The number of rotatable bonds is 1. The summed E-state index contributed by atoms with van der Waals surface area (Å²) in [5, 5.41) is 0. The van der Waals surface area contributed by atoms with Crippen LogP contribution in [0.15, 0.2) is 11.3 Å². The Bertz CT molecular complexity index is 168. The maximum absolute atomic E-state index is 10.7. The van der Waals surface area contributed by atoms with E-state index in [1.807, 2.05) is 6.92 Å². The Morgan fingerprint density at radius 1 is 1.67 bits per heavy atom. The van der Waals surface area contributed by atoms with Gasteiger partial charge in [-0.3, -0.25) is 4.79 Å². The van der Waals surface area contributed by atoms with Crippen LogP contribution in [-0.2, 0) is 9.53 Å². The van der Waals surface area contributed by atoms with E-state index in [-0.39, 0.29) is 5.78 Å². The molecule has 50 valence electrons. The first-order valence-electron chi connectivity index (χ1n) is 3.05. The minimum absolute atomic E-state index is 0.144. The summed E-state index contributed by atoms with van der Waals surface area (Å²) in [5.74, 6) is 0.951. The van der Waals surface area contributed by atoms with Crippen LogP contribution in [0.1, 0.15) is 20.3 Å². The predicted octanol–water partition coefficient (Wildman–Crippen LogP) is 1.27. The van der Waals surface area contributed by atoms with Gasteiger partial charge in [-0.15, -0.1) is 0 Å². The van der Waals surface area contributed by atoms with Crippen LogP contribution in [0.4, 0.5) is 0 Å². The molecule has 0 unspecified atom stereocenters. The highest BCUT2D eigenvalue weighted by molar-refractivity contribution is 5.93. The van der Waals surface area contributed by atoms with Gasteiger partial charge in [0.1, 0.15) is 0 Å². The lowest BCUT2D eigenvalue weighted by Gasteiger charge is -1.93. The fourth-order valence-electron chi connectivity index (χ4n) is 0.993. The Morgan fingerprint density at radius 2 is 2.33 bits per heavy atom. The van der Waals surface area contributed by atoms with Crippen molar-refractivity contribution in [2.45, 2.75) is 20.3 Å². The molecular weight excluding hydrogens is 116 g/mol. The largest absolute Gasteiger partial charge is 0.497 e. The molecule has 0 aromatic carbocycles. The number of hydrogen-bond donors (Lipinski definition) is 0. The van der Waals surface area contributed by atoms with Crippen LogP contribution in [0.2, 0.25) is 0 Å². The van der Waals surface area contributed by atoms with E-state index in [9.17, 15) is 4.79 Å². The van der Waals surface area contributed by atoms with E-state index in [0.717, 1.165) is 17.8 Å². The zero-order valence-corrected chi connectivity index (χ0v) is 5.73. The molecule has 1 aliphatic heterocycles. The van der Waals surface area contributed by atoms with Gasteiger partial charge in [-0.05, 0) is 13.8 Å². The van der Waals surface area contributed by atoms with Crippen molar-refractivity contribution in [3.05, 3.63) is 11.3 Å². The van der Waals surface area contributed by atoms with Crippen LogP contribution in [0, 0.1) is 0 Å². The molecular formula is C7H10O2. The smallest absolute Gasteiger partial charge is 0.159 e. The molecule has 0 atom stereocenters. The highest BCUT2D eigenvalue weighted by Gasteiger charge is 2.14. The quantitative estimate of drug-likeness (QED) is 0.529. The summed E-state index contributed by atoms with van der Waals surface area (Å²) >= 11 is 0. The van der Waals surface area contributed by atoms with Crippen LogP contribution in [0.5, 0.6) is 0 Å². The molecule has 0 N–H and O–H groups in total. The average Bonchev–Trinajstić information content (AvgIpc) is 2.13. The summed E-state index contributed by atoms with van der Waals surface area (Å²) in [6, 6.07) is 0. The molecule has 0 saturated carbocycles. The third-order valence-electron chi connectivity index (χ3n) is 1.52. The Balaban J connectivity index is 2.78. The van der Waals surface area contributed by atoms with E-state index < -0.39 is 0 Å². The molecule has 1 rings (SSSR count). The first-order chi connectivity index (χ1) is 4.22. The second-order valence-electron chi connectivity index (χ2n) is 2.19. The Hall–Kier alpha value is -0.790. The van der Waals surface area contributed by atoms with Gasteiger partial charge in [-0.1, -0.05) is 0 Å². The average molecular weight is 126 g/mol. The van der Waals surface area contributed by atoms with Crippen LogP contribution in [-0.4, -0.2) is 12.4 Å². The lowest BCUT2D eigenvalue weighted by atomic mass is 10.1. The predicted molar refractivity (Wildman–Crippen MR) is 33.9 cm³/mol. The van der Waals surface area contributed by atoms with Gasteiger partial charge in [0.25, 0.3) is 0 Å². The standard InChI is InChI=1S/C7H10O2/c1-5(8)7-3-4-9-6(7)2/h3-4H2,1-2H3. The molecule has 0 aliphatic carbocycles. The molecule has 9 heavy (non-hydrogen) atoms. The van der Waals surface area contributed by atoms with Crippen LogP contribution >= 0.6 is 0 Å². The number of ketones is 1. The number of carbonyl (C=O) groups is 1. The summed E-state index contributed by atoms with van der Waals surface area (Å²) in [6.45, 7) is 4.10. The van der Waals surface area contributed by atoms with Gasteiger partial charge >= 0.3 is 0 Å². The number of Topliss-reactive ketones (excluding diaryl/α,β-unsaturated/α-hetero) is 1. The van der Waals surface area contributed by atoms with E-state index in [0.29, 0.717) is 6.61 Å². The monoisotopic (exact) mass is 126 g/mol. The van der Waals surface area contributed by atoms with Crippen LogP contribution < -0.4 is 0 Å². The van der Waals surface area contributed by atoms with E-state index in [1.54, 1.807) is 6.92 Å². The summed E-state index contributed by atoms with van der Waals surface area (Å²) < 4.78 is 5.09. The fourth-order valence-corrected chi connectivity index (χ4v) is 0.993. The maximum atomic E-state index is 10.7. The van der Waals surface area contributed by atoms with Crippen molar-refractivity contribution in [3.8, 4) is 0 Å². The Kier molecular flexibility index (Phi) is 1.56. The van der Waals surface area contributed by atoms with E-state index in [1.165, 1.54) is 0 Å². The SMILES string of the molecule is CC(=O)C1=C(C)OCC1. The molecule has 0 aromatic rings. The van der Waals surface area contributed by atoms with E-state index >= 15 is 0 Å². The first-order valence-corrected chi connectivity index (χ1v) is 3.05. The first kappa shape index (κ1) is 6.33. The highest BCUT2D eigenvalue weighted by Crippen LogP contribution is 2.18. The number of hydrogen-bond acceptors (Lipinski definition) is 2. The topological polar surface area (TPSA) is 26.3 Å². The molecule has 1 heterocycles. The minimum atomic E-state index is 0.144. The second-order valence-corrected chi connectivity index (χ2v) is 2.19. The second kappa shape index (κ2) is 2.21. The molecule has 1 aliphatic rings. The number of allylic oxidation sites excluding steroid dienone is 1. The van der Waals surface area contributed by atoms with Gasteiger partial charge in [-0.2, -0.15) is 0 Å². The summed E-state index contributed by atoms with van der Waals surface area (Å²) in [7, 11) is 0. The third kappa shape index (κ3) is 1.12. The van der Waals surface area contributed by atoms with E-state index in [4.69, 9.17) is 4.74 Å². The number of carbonyl (C=O) groups excluding carboxylic acids is 1. The molecule has 0 saturated heterocycles.